The minimum Gasteiger partial charge on any atom is -0.351 e. The fraction of sp³-hybridized carbons (Fsp3) is 0. The molecule has 76 valence electrons. The first kappa shape index (κ1) is 9.33. The average Bonchev–Trinajstić information content (AvgIpc) is 2.38. The second-order valence-electron chi connectivity index (χ2n) is 3.14. The van der Waals surface area contributed by atoms with Gasteiger partial charge in [0.15, 0.2) is 0 Å². The molecule has 1 aliphatic heterocycles. The summed E-state index contributed by atoms with van der Waals surface area (Å²) in [5, 5.41) is 5.58. The fourth-order valence-corrected chi connectivity index (χ4v) is 1.40. The van der Waals surface area contributed by atoms with E-state index in [1.165, 1.54) is 0 Å². The first-order chi connectivity index (χ1) is 7.25. The molecule has 0 fully saturated rings. The number of hydrogen-bond acceptors (Lipinski definition) is 2. The number of carbonyl (C=O) groups is 1. The monoisotopic (exact) mass is 201 g/mol. The van der Waals surface area contributed by atoms with Crippen molar-refractivity contribution in [1.82, 2.24) is 5.32 Å². The number of nitrogens with one attached hydrogen (secondary N) is 2. The Balaban J connectivity index is 2.27. The molecule has 15 heavy (non-hydrogen) atoms. The molecule has 0 saturated carbocycles. The summed E-state index contributed by atoms with van der Waals surface area (Å²) in [6.45, 7) is 0. The summed E-state index contributed by atoms with van der Waals surface area (Å²) in [7, 11) is 0. The molecule has 0 saturated heterocycles. The van der Waals surface area contributed by atoms with Crippen molar-refractivity contribution in [3.8, 4) is 0 Å². The highest BCUT2D eigenvalue weighted by atomic mass is 16.2. The maximum Gasteiger partial charge on any atom is 0.317 e. The van der Waals surface area contributed by atoms with Crippen molar-refractivity contribution in [1.29, 1.82) is 0 Å². The predicted octanol–water partition coefficient (Wildman–Crippen LogP) is 1.64. The molecule has 0 aliphatic carbocycles. The molecule has 4 nitrogen and oxygen atoms in total. The Morgan fingerprint density at radius 3 is 2.93 bits per heavy atom. The molecule has 1 heterocycles. The van der Waals surface area contributed by atoms with Crippen LogP contribution in [0, 0.1) is 0 Å². The lowest BCUT2D eigenvalue weighted by molar-refractivity contribution is 0.251. The number of carbonyl (C=O) groups excluding carboxylic acids is 1. The van der Waals surface area contributed by atoms with E-state index in [1.54, 1.807) is 6.08 Å². The fourth-order valence-electron chi connectivity index (χ4n) is 1.40. The zero-order chi connectivity index (χ0) is 10.7. The predicted molar refractivity (Wildman–Crippen MR) is 59.9 cm³/mol. The lowest BCUT2D eigenvalue weighted by atomic mass is 10.2. The summed E-state index contributed by atoms with van der Waals surface area (Å²) in [6, 6.07) is 7.22. The Bertz CT molecular complexity index is 449. The van der Waals surface area contributed by atoms with Crippen LogP contribution in [0.25, 0.3) is 6.08 Å². The molecule has 1 aromatic carbocycles. The number of fused-ring (bicyclic) bond motifs is 1. The van der Waals surface area contributed by atoms with Gasteiger partial charge < -0.3 is 11.1 Å². The molecule has 0 bridgehead atoms. The number of hydrogen-bond donors (Lipinski definition) is 3. The van der Waals surface area contributed by atoms with Gasteiger partial charge in [-0.25, -0.2) is 4.79 Å². The van der Waals surface area contributed by atoms with E-state index in [9.17, 15) is 4.79 Å². The van der Waals surface area contributed by atoms with Gasteiger partial charge >= 0.3 is 6.03 Å². The number of urea groups is 1. The number of benzene rings is 1. The number of amides is 2. The van der Waals surface area contributed by atoms with Crippen molar-refractivity contribution in [3.63, 3.8) is 0 Å². The Hall–Kier alpha value is -2.23. The number of nitrogens with two attached hydrogens (primary N) is 1. The summed E-state index contributed by atoms with van der Waals surface area (Å²) < 4.78 is 0. The SMILES string of the molecule is NC(=O)NC1=CC=Cc2ccccc2N1. The number of primary amides is 1. The minimum atomic E-state index is -0.582. The lowest BCUT2D eigenvalue weighted by Gasteiger charge is -2.10. The molecule has 1 aliphatic rings. The molecule has 4 heteroatoms. The van der Waals surface area contributed by atoms with Crippen molar-refractivity contribution >= 4 is 17.8 Å². The first-order valence-electron chi connectivity index (χ1n) is 4.56. The summed E-state index contributed by atoms with van der Waals surface area (Å²) >= 11 is 0. The molecule has 0 atom stereocenters. The minimum absolute atomic E-state index is 0.573. The highest BCUT2D eigenvalue weighted by molar-refractivity contribution is 5.77. The van der Waals surface area contributed by atoms with Crippen LogP contribution in [0.15, 0.2) is 42.2 Å². The second kappa shape index (κ2) is 3.88. The van der Waals surface area contributed by atoms with E-state index in [4.69, 9.17) is 5.73 Å². The van der Waals surface area contributed by atoms with Gasteiger partial charge in [-0.05, 0) is 17.7 Å². The van der Waals surface area contributed by atoms with Crippen LogP contribution in [0.2, 0.25) is 0 Å². The van der Waals surface area contributed by atoms with Gasteiger partial charge in [-0.3, -0.25) is 5.32 Å². The normalized spacial score (nSPS) is 13.2. The topological polar surface area (TPSA) is 67.2 Å². The van der Waals surface area contributed by atoms with Gasteiger partial charge in [0.05, 0.1) is 0 Å². The highest BCUT2D eigenvalue weighted by Crippen LogP contribution is 2.20. The van der Waals surface area contributed by atoms with Crippen molar-refractivity contribution in [2.45, 2.75) is 0 Å². The quantitative estimate of drug-likeness (QED) is 0.646. The lowest BCUT2D eigenvalue weighted by Crippen LogP contribution is -2.31. The third-order valence-electron chi connectivity index (χ3n) is 2.03. The van der Waals surface area contributed by atoms with Crippen LogP contribution in [0.4, 0.5) is 10.5 Å². The second-order valence-corrected chi connectivity index (χ2v) is 3.14. The van der Waals surface area contributed by atoms with E-state index < -0.39 is 6.03 Å². The Morgan fingerprint density at radius 1 is 1.33 bits per heavy atom. The van der Waals surface area contributed by atoms with E-state index in [0.717, 1.165) is 11.3 Å². The largest absolute Gasteiger partial charge is 0.351 e. The van der Waals surface area contributed by atoms with Crippen LogP contribution in [0.3, 0.4) is 0 Å². The number of rotatable bonds is 1. The van der Waals surface area contributed by atoms with Crippen LogP contribution in [-0.4, -0.2) is 6.03 Å². The van der Waals surface area contributed by atoms with Crippen LogP contribution >= 0.6 is 0 Å². The van der Waals surface area contributed by atoms with Gasteiger partial charge in [-0.2, -0.15) is 0 Å². The van der Waals surface area contributed by atoms with Gasteiger partial charge in [0, 0.05) is 5.69 Å². The van der Waals surface area contributed by atoms with E-state index in [2.05, 4.69) is 10.6 Å². The molecule has 1 aromatic rings. The zero-order valence-corrected chi connectivity index (χ0v) is 8.03. The zero-order valence-electron chi connectivity index (χ0n) is 8.03. The van der Waals surface area contributed by atoms with Crippen LogP contribution in [-0.2, 0) is 0 Å². The molecule has 2 amide bonds. The molecule has 0 radical (unpaired) electrons. The molecular weight excluding hydrogens is 190 g/mol. The van der Waals surface area contributed by atoms with Crippen LogP contribution in [0.1, 0.15) is 5.56 Å². The maximum absolute atomic E-state index is 10.7. The van der Waals surface area contributed by atoms with E-state index >= 15 is 0 Å². The van der Waals surface area contributed by atoms with Crippen molar-refractivity contribution in [2.75, 3.05) is 5.32 Å². The summed E-state index contributed by atoms with van der Waals surface area (Å²) in [6.07, 6.45) is 5.56. The Labute approximate surface area is 87.5 Å². The van der Waals surface area contributed by atoms with Gasteiger partial charge in [0.25, 0.3) is 0 Å². The van der Waals surface area contributed by atoms with Gasteiger partial charge in [-0.15, -0.1) is 0 Å². The smallest absolute Gasteiger partial charge is 0.317 e. The van der Waals surface area contributed by atoms with Gasteiger partial charge in [0.1, 0.15) is 5.82 Å². The van der Waals surface area contributed by atoms with Gasteiger partial charge in [0.2, 0.25) is 0 Å². The van der Waals surface area contributed by atoms with Gasteiger partial charge in [-0.1, -0.05) is 30.4 Å². The summed E-state index contributed by atoms with van der Waals surface area (Å²) in [5.41, 5.74) is 7.04. The number of para-hydroxylation sites is 1. The number of anilines is 1. The molecule has 0 unspecified atom stereocenters. The average molecular weight is 201 g/mol. The van der Waals surface area contributed by atoms with E-state index in [0.29, 0.717) is 5.82 Å². The third-order valence-corrected chi connectivity index (χ3v) is 2.03. The number of allylic oxidation sites excluding steroid dienone is 2. The maximum atomic E-state index is 10.7. The van der Waals surface area contributed by atoms with E-state index in [1.807, 2.05) is 36.4 Å². The molecular formula is C11H11N3O. The Morgan fingerprint density at radius 2 is 2.13 bits per heavy atom. The standard InChI is InChI=1S/C11H11N3O/c12-11(15)14-10-7-3-5-8-4-1-2-6-9(8)13-10/h1-7,13H,(H3,12,14,15). The van der Waals surface area contributed by atoms with E-state index in [-0.39, 0.29) is 0 Å². The van der Waals surface area contributed by atoms with Crippen LogP contribution in [0.5, 0.6) is 0 Å². The van der Waals surface area contributed by atoms with Crippen LogP contribution < -0.4 is 16.4 Å². The summed E-state index contributed by atoms with van der Waals surface area (Å²) in [4.78, 5) is 10.7. The highest BCUT2D eigenvalue weighted by Gasteiger charge is 2.05. The molecule has 4 N–H and O–H groups in total. The molecule has 0 aromatic heterocycles. The molecule has 0 spiro atoms. The first-order valence-corrected chi connectivity index (χ1v) is 4.56. The van der Waals surface area contributed by atoms with Crippen molar-refractivity contribution in [2.24, 2.45) is 5.73 Å². The Kier molecular flexibility index (Phi) is 2.41. The molecule has 2 rings (SSSR count). The third kappa shape index (κ3) is 2.17. The van der Waals surface area contributed by atoms with Crippen molar-refractivity contribution in [3.05, 3.63) is 47.8 Å². The van der Waals surface area contributed by atoms with Crippen molar-refractivity contribution < 1.29 is 4.79 Å². The summed E-state index contributed by atoms with van der Waals surface area (Å²) in [5.74, 6) is 0.573.